The number of anilines is 1. The van der Waals surface area contributed by atoms with Crippen molar-refractivity contribution in [2.75, 3.05) is 24.6 Å². The quantitative estimate of drug-likeness (QED) is 0.908. The lowest BCUT2D eigenvalue weighted by molar-refractivity contribution is 0.0910. The van der Waals surface area contributed by atoms with Gasteiger partial charge in [-0.05, 0) is 12.1 Å². The van der Waals surface area contributed by atoms with Crippen molar-refractivity contribution >= 4 is 17.7 Å². The molecule has 2 aromatic rings. The lowest BCUT2D eigenvalue weighted by Crippen LogP contribution is -2.34. The number of benzene rings is 1. The third-order valence-corrected chi connectivity index (χ3v) is 4.17. The van der Waals surface area contributed by atoms with Gasteiger partial charge in [-0.15, -0.1) is 0 Å². The molecule has 0 spiro atoms. The molecule has 2 amide bonds. The van der Waals surface area contributed by atoms with Crippen molar-refractivity contribution in [2.45, 2.75) is 19.1 Å². The van der Waals surface area contributed by atoms with Gasteiger partial charge in [0.15, 0.2) is 5.69 Å². The molecule has 1 aromatic heterocycles. The average molecular weight is 342 g/mol. The van der Waals surface area contributed by atoms with E-state index in [0.717, 1.165) is 18.7 Å². The summed E-state index contributed by atoms with van der Waals surface area (Å²) in [5.74, 6) is 0.304. The lowest BCUT2D eigenvalue weighted by atomic mass is 10.2. The first-order valence-electron chi connectivity index (χ1n) is 8.23. The summed E-state index contributed by atoms with van der Waals surface area (Å²) in [6, 6.07) is 10.9. The molecule has 1 N–H and O–H groups in total. The molecule has 1 saturated heterocycles. The monoisotopic (exact) mass is 342 g/mol. The Bertz CT molecular complexity index is 766. The Morgan fingerprint density at radius 2 is 2.16 bits per heavy atom. The van der Waals surface area contributed by atoms with Crippen molar-refractivity contribution < 1.29 is 19.1 Å². The van der Waals surface area contributed by atoms with E-state index in [1.54, 1.807) is 15.6 Å². The maximum atomic E-state index is 12.3. The first-order valence-corrected chi connectivity index (χ1v) is 8.23. The first-order chi connectivity index (χ1) is 12.2. The summed E-state index contributed by atoms with van der Waals surface area (Å²) in [4.78, 5) is 25.8. The van der Waals surface area contributed by atoms with Crippen molar-refractivity contribution in [3.63, 3.8) is 0 Å². The Kier molecular flexibility index (Phi) is 4.01. The van der Waals surface area contributed by atoms with Crippen LogP contribution < -0.4 is 15.0 Å². The van der Waals surface area contributed by atoms with E-state index < -0.39 is 12.2 Å². The first kappa shape index (κ1) is 15.5. The molecule has 0 bridgehead atoms. The molecule has 25 heavy (non-hydrogen) atoms. The number of rotatable bonds is 4. The van der Waals surface area contributed by atoms with Gasteiger partial charge in [-0.25, -0.2) is 9.48 Å². The van der Waals surface area contributed by atoms with E-state index in [4.69, 9.17) is 9.47 Å². The zero-order chi connectivity index (χ0) is 17.2. The summed E-state index contributed by atoms with van der Waals surface area (Å²) in [5, 5.41) is 7.00. The molecule has 3 heterocycles. The molecule has 0 radical (unpaired) electrons. The number of nitrogens with one attached hydrogen (secondary N) is 1. The number of hydrogen-bond donors (Lipinski definition) is 1. The van der Waals surface area contributed by atoms with Crippen LogP contribution in [0, 0.1) is 0 Å². The summed E-state index contributed by atoms with van der Waals surface area (Å²) < 4.78 is 12.5. The molecule has 0 saturated carbocycles. The fourth-order valence-corrected chi connectivity index (χ4v) is 2.92. The number of nitrogens with zero attached hydrogens (tertiary/aromatic N) is 3. The van der Waals surface area contributed by atoms with Crippen LogP contribution in [0.1, 0.15) is 16.9 Å². The van der Waals surface area contributed by atoms with Crippen LogP contribution in [-0.2, 0) is 11.3 Å². The molecule has 8 nitrogen and oxygen atoms in total. The van der Waals surface area contributed by atoms with Crippen molar-refractivity contribution in [1.29, 1.82) is 0 Å². The van der Waals surface area contributed by atoms with E-state index in [1.807, 2.05) is 30.3 Å². The molecule has 8 heteroatoms. The minimum Gasteiger partial charge on any atom is -0.478 e. The normalized spacial score (nSPS) is 19.1. The van der Waals surface area contributed by atoms with E-state index in [9.17, 15) is 9.59 Å². The third kappa shape index (κ3) is 3.15. The Morgan fingerprint density at radius 1 is 1.32 bits per heavy atom. The Labute approximate surface area is 144 Å². The molecule has 0 aliphatic carbocycles. The zero-order valence-electron chi connectivity index (χ0n) is 13.6. The second-order valence-electron chi connectivity index (χ2n) is 5.95. The summed E-state index contributed by atoms with van der Waals surface area (Å²) in [7, 11) is 0. The van der Waals surface area contributed by atoms with Gasteiger partial charge in [0, 0.05) is 24.7 Å². The number of para-hydroxylation sites is 1. The van der Waals surface area contributed by atoms with Crippen LogP contribution in [0.5, 0.6) is 5.88 Å². The Balaban J connectivity index is 1.35. The number of carbonyl (C=O) groups is 2. The van der Waals surface area contributed by atoms with Gasteiger partial charge in [0.25, 0.3) is 5.91 Å². The number of aryl methyl sites for hydroxylation is 1. The van der Waals surface area contributed by atoms with Crippen LogP contribution in [0.3, 0.4) is 0 Å². The number of fused-ring (bicyclic) bond motifs is 1. The van der Waals surface area contributed by atoms with Gasteiger partial charge in [0.1, 0.15) is 6.10 Å². The number of carbonyl (C=O) groups excluding carboxylic acids is 2. The summed E-state index contributed by atoms with van der Waals surface area (Å²) in [5.41, 5.74) is 1.08. The highest BCUT2D eigenvalue weighted by Gasteiger charge is 2.32. The molecule has 1 fully saturated rings. The summed E-state index contributed by atoms with van der Waals surface area (Å²) in [6.45, 7) is 2.01. The van der Waals surface area contributed by atoms with E-state index in [0.29, 0.717) is 24.7 Å². The SMILES string of the molecule is O=C(NC[C@@H]1CN(c2ccccc2)C(=O)O1)c1cc2n(n1)CCCO2. The minimum atomic E-state index is -0.406. The topological polar surface area (TPSA) is 85.7 Å². The second-order valence-corrected chi connectivity index (χ2v) is 5.95. The van der Waals surface area contributed by atoms with Crippen LogP contribution in [0.4, 0.5) is 10.5 Å². The second kappa shape index (κ2) is 6.46. The predicted molar refractivity (Wildman–Crippen MR) is 88.7 cm³/mol. The standard InChI is InChI=1S/C17H18N4O4/c22-16(14-9-15-21(19-14)7-4-8-24-15)18-10-13-11-20(17(23)25-13)12-5-2-1-3-6-12/h1-3,5-6,9,13H,4,7-8,10-11H2,(H,18,22)/t13-/m1/s1. The molecular formula is C17H18N4O4. The molecular weight excluding hydrogens is 324 g/mol. The maximum Gasteiger partial charge on any atom is 0.414 e. The van der Waals surface area contributed by atoms with E-state index >= 15 is 0 Å². The van der Waals surface area contributed by atoms with Gasteiger partial charge in [0.05, 0.1) is 19.7 Å². The van der Waals surface area contributed by atoms with Crippen molar-refractivity contribution in [3.05, 3.63) is 42.1 Å². The molecule has 2 aliphatic heterocycles. The summed E-state index contributed by atoms with van der Waals surface area (Å²) >= 11 is 0. The number of amides is 2. The highest BCUT2D eigenvalue weighted by molar-refractivity contribution is 5.93. The molecule has 1 aromatic carbocycles. The highest BCUT2D eigenvalue weighted by Crippen LogP contribution is 2.21. The third-order valence-electron chi connectivity index (χ3n) is 4.17. The maximum absolute atomic E-state index is 12.3. The van der Waals surface area contributed by atoms with Crippen LogP contribution in [0.25, 0.3) is 0 Å². The van der Waals surface area contributed by atoms with E-state index in [2.05, 4.69) is 10.4 Å². The Morgan fingerprint density at radius 3 is 2.96 bits per heavy atom. The lowest BCUT2D eigenvalue weighted by Gasteiger charge is -2.13. The number of cyclic esters (lactones) is 1. The number of aromatic nitrogens is 2. The van der Waals surface area contributed by atoms with E-state index in [1.165, 1.54) is 0 Å². The van der Waals surface area contributed by atoms with Gasteiger partial charge in [-0.2, -0.15) is 5.10 Å². The molecule has 0 unspecified atom stereocenters. The van der Waals surface area contributed by atoms with Crippen molar-refractivity contribution in [2.24, 2.45) is 0 Å². The smallest absolute Gasteiger partial charge is 0.414 e. The van der Waals surface area contributed by atoms with Gasteiger partial charge < -0.3 is 14.8 Å². The predicted octanol–water partition coefficient (Wildman–Crippen LogP) is 1.42. The van der Waals surface area contributed by atoms with Gasteiger partial charge >= 0.3 is 6.09 Å². The largest absolute Gasteiger partial charge is 0.478 e. The average Bonchev–Trinajstić information content (AvgIpc) is 3.24. The van der Waals surface area contributed by atoms with Gasteiger partial charge in [0.2, 0.25) is 5.88 Å². The van der Waals surface area contributed by atoms with Crippen molar-refractivity contribution in [1.82, 2.24) is 15.1 Å². The number of ether oxygens (including phenoxy) is 2. The Hall–Kier alpha value is -3.03. The fourth-order valence-electron chi connectivity index (χ4n) is 2.92. The molecule has 4 rings (SSSR count). The van der Waals surface area contributed by atoms with E-state index in [-0.39, 0.29) is 12.5 Å². The van der Waals surface area contributed by atoms with Gasteiger partial charge in [-0.3, -0.25) is 9.69 Å². The highest BCUT2D eigenvalue weighted by atomic mass is 16.6. The van der Waals surface area contributed by atoms with Crippen molar-refractivity contribution in [3.8, 4) is 5.88 Å². The fraction of sp³-hybridized carbons (Fsp3) is 0.353. The van der Waals surface area contributed by atoms with Crippen LogP contribution in [-0.4, -0.2) is 47.6 Å². The van der Waals surface area contributed by atoms with Crippen LogP contribution in [0.15, 0.2) is 36.4 Å². The summed E-state index contributed by atoms with van der Waals surface area (Å²) in [6.07, 6.45) is 0.0738. The number of hydrogen-bond acceptors (Lipinski definition) is 5. The molecule has 2 aliphatic rings. The van der Waals surface area contributed by atoms with Crippen LogP contribution >= 0.6 is 0 Å². The van der Waals surface area contributed by atoms with Crippen LogP contribution in [0.2, 0.25) is 0 Å². The molecule has 1 atom stereocenters. The van der Waals surface area contributed by atoms with Gasteiger partial charge in [-0.1, -0.05) is 18.2 Å². The molecule has 130 valence electrons. The minimum absolute atomic E-state index is 0.233. The zero-order valence-corrected chi connectivity index (χ0v) is 13.6.